The highest BCUT2D eigenvalue weighted by atomic mass is 16.6. The molecular weight excluding hydrogens is 438 g/mol. The predicted molar refractivity (Wildman–Crippen MR) is 129 cm³/mol. The summed E-state index contributed by atoms with van der Waals surface area (Å²) in [6.45, 7) is 4.53. The van der Waals surface area contributed by atoms with Gasteiger partial charge in [0.1, 0.15) is 17.1 Å². The van der Waals surface area contributed by atoms with Crippen LogP contribution < -0.4 is 20.5 Å². The highest BCUT2D eigenvalue weighted by Gasteiger charge is 2.25. The standard InChI is InChI=1S/C24H25N5O5/c1-15(2)25-21-13-20(16-5-4-6-19(11-16)34-3)26-28(24(21)31)23-12-17(7-8-22(23)29(32)33)27-10-9-18(30)14-27/h4-8,11-13,15,25H,9-10,14H2,1-3H3. The van der Waals surface area contributed by atoms with Crippen LogP contribution in [0.1, 0.15) is 20.3 Å². The van der Waals surface area contributed by atoms with Crippen LogP contribution in [0.15, 0.2) is 53.3 Å². The monoisotopic (exact) mass is 463 g/mol. The van der Waals surface area contributed by atoms with E-state index in [1.165, 1.54) is 6.07 Å². The van der Waals surface area contributed by atoms with Crippen molar-refractivity contribution in [1.29, 1.82) is 0 Å². The molecule has 0 saturated carbocycles. The third kappa shape index (κ3) is 4.61. The zero-order chi connectivity index (χ0) is 24.4. The second-order valence-corrected chi connectivity index (χ2v) is 8.33. The average Bonchev–Trinajstić information content (AvgIpc) is 3.26. The molecular formula is C24H25N5O5. The normalized spacial score (nSPS) is 13.4. The first-order chi connectivity index (χ1) is 16.3. The lowest BCUT2D eigenvalue weighted by Crippen LogP contribution is -2.28. The van der Waals surface area contributed by atoms with Gasteiger partial charge >= 0.3 is 0 Å². The first-order valence-corrected chi connectivity index (χ1v) is 10.9. The number of benzene rings is 2. The Morgan fingerprint density at radius 3 is 2.59 bits per heavy atom. The number of nitrogens with one attached hydrogen (secondary N) is 1. The van der Waals surface area contributed by atoms with E-state index in [2.05, 4.69) is 10.4 Å². The van der Waals surface area contributed by atoms with Gasteiger partial charge in [-0.15, -0.1) is 0 Å². The summed E-state index contributed by atoms with van der Waals surface area (Å²) in [6.07, 6.45) is 0.415. The highest BCUT2D eigenvalue weighted by Crippen LogP contribution is 2.30. The Hall–Kier alpha value is -4.21. The van der Waals surface area contributed by atoms with Crippen molar-refractivity contribution in [3.8, 4) is 22.7 Å². The smallest absolute Gasteiger partial charge is 0.295 e. The van der Waals surface area contributed by atoms with Crippen molar-refractivity contribution in [2.75, 3.05) is 30.4 Å². The van der Waals surface area contributed by atoms with Crippen LogP contribution in [-0.2, 0) is 4.79 Å². The van der Waals surface area contributed by atoms with Gasteiger partial charge in [0.05, 0.1) is 24.3 Å². The van der Waals surface area contributed by atoms with Gasteiger partial charge in [-0.1, -0.05) is 12.1 Å². The van der Waals surface area contributed by atoms with Crippen molar-refractivity contribution in [3.63, 3.8) is 0 Å². The summed E-state index contributed by atoms with van der Waals surface area (Å²) in [5.41, 5.74) is 1.26. The van der Waals surface area contributed by atoms with Gasteiger partial charge in [-0.05, 0) is 44.2 Å². The second kappa shape index (κ2) is 9.34. The number of ether oxygens (including phenoxy) is 1. The number of hydrogen-bond acceptors (Lipinski definition) is 8. The predicted octanol–water partition coefficient (Wildman–Crippen LogP) is 3.42. The molecule has 2 heterocycles. The van der Waals surface area contributed by atoms with Crippen molar-refractivity contribution in [1.82, 2.24) is 9.78 Å². The molecule has 10 nitrogen and oxygen atoms in total. The number of carbonyl (C=O) groups is 1. The number of nitro benzene ring substituents is 1. The van der Waals surface area contributed by atoms with E-state index in [1.807, 2.05) is 24.8 Å². The molecule has 10 heteroatoms. The van der Waals surface area contributed by atoms with Gasteiger partial charge in [0, 0.05) is 36.3 Å². The fraction of sp³-hybridized carbons (Fsp3) is 0.292. The SMILES string of the molecule is COc1cccc(-c2cc(NC(C)C)c(=O)n(-c3cc(N4CCC(=O)C4)ccc3[N+](=O)[O-])n2)c1. The molecule has 0 spiro atoms. The van der Waals surface area contributed by atoms with Crippen molar-refractivity contribution in [2.24, 2.45) is 0 Å². The Morgan fingerprint density at radius 2 is 1.94 bits per heavy atom. The zero-order valence-electron chi connectivity index (χ0n) is 19.1. The van der Waals surface area contributed by atoms with E-state index in [0.717, 1.165) is 4.68 Å². The fourth-order valence-electron chi connectivity index (χ4n) is 3.88. The average molecular weight is 463 g/mol. The van der Waals surface area contributed by atoms with Crippen LogP contribution in [-0.4, -0.2) is 46.7 Å². The maximum absolute atomic E-state index is 13.4. The Labute approximate surface area is 195 Å². The van der Waals surface area contributed by atoms with E-state index in [0.29, 0.717) is 35.7 Å². The molecule has 0 aliphatic carbocycles. The third-order valence-corrected chi connectivity index (χ3v) is 5.50. The van der Waals surface area contributed by atoms with E-state index >= 15 is 0 Å². The van der Waals surface area contributed by atoms with Crippen molar-refractivity contribution in [3.05, 3.63) is 69.0 Å². The minimum Gasteiger partial charge on any atom is -0.497 e. The Morgan fingerprint density at radius 1 is 1.15 bits per heavy atom. The van der Waals surface area contributed by atoms with Crippen LogP contribution >= 0.6 is 0 Å². The van der Waals surface area contributed by atoms with E-state index in [1.54, 1.807) is 43.5 Å². The van der Waals surface area contributed by atoms with Crippen LogP contribution in [0.3, 0.4) is 0 Å². The molecule has 1 N–H and O–H groups in total. The van der Waals surface area contributed by atoms with Crippen LogP contribution in [0, 0.1) is 10.1 Å². The van der Waals surface area contributed by atoms with Gasteiger partial charge in [0.2, 0.25) is 0 Å². The number of carbonyl (C=O) groups excluding carboxylic acids is 1. The molecule has 0 amide bonds. The minimum absolute atomic E-state index is 0.0309. The maximum atomic E-state index is 13.4. The van der Waals surface area contributed by atoms with Gasteiger partial charge in [-0.3, -0.25) is 19.7 Å². The van der Waals surface area contributed by atoms with E-state index in [9.17, 15) is 19.7 Å². The van der Waals surface area contributed by atoms with Crippen LogP contribution in [0.4, 0.5) is 17.1 Å². The Kier molecular flexibility index (Phi) is 6.31. The van der Waals surface area contributed by atoms with Crippen LogP contribution in [0.2, 0.25) is 0 Å². The summed E-state index contributed by atoms with van der Waals surface area (Å²) in [6, 6.07) is 13.2. The quantitative estimate of drug-likeness (QED) is 0.418. The van der Waals surface area contributed by atoms with Gasteiger partial charge in [0.15, 0.2) is 5.78 Å². The van der Waals surface area contributed by atoms with Crippen LogP contribution in [0.5, 0.6) is 5.75 Å². The fourth-order valence-corrected chi connectivity index (χ4v) is 3.88. The molecule has 34 heavy (non-hydrogen) atoms. The molecule has 0 unspecified atom stereocenters. The lowest BCUT2D eigenvalue weighted by molar-refractivity contribution is -0.384. The van der Waals surface area contributed by atoms with Gasteiger partial charge in [-0.25, -0.2) is 0 Å². The number of aromatic nitrogens is 2. The molecule has 0 atom stereocenters. The molecule has 3 aromatic rings. The number of rotatable bonds is 7. The molecule has 1 aliphatic rings. The van der Waals surface area contributed by atoms with Crippen LogP contribution in [0.25, 0.3) is 16.9 Å². The second-order valence-electron chi connectivity index (χ2n) is 8.33. The Bertz CT molecular complexity index is 1320. The third-order valence-electron chi connectivity index (χ3n) is 5.50. The maximum Gasteiger partial charge on any atom is 0.295 e. The number of hydrogen-bond donors (Lipinski definition) is 1. The summed E-state index contributed by atoms with van der Waals surface area (Å²) in [5, 5.41) is 19.5. The minimum atomic E-state index is -0.546. The van der Waals surface area contributed by atoms with Crippen molar-refractivity contribution >= 4 is 22.8 Å². The lowest BCUT2D eigenvalue weighted by Gasteiger charge is -2.19. The largest absolute Gasteiger partial charge is 0.497 e. The number of nitro groups is 1. The summed E-state index contributed by atoms with van der Waals surface area (Å²) >= 11 is 0. The number of nitrogens with zero attached hydrogens (tertiary/aromatic N) is 4. The summed E-state index contributed by atoms with van der Waals surface area (Å²) in [4.78, 5) is 38.3. The first kappa shape index (κ1) is 23.0. The molecule has 0 radical (unpaired) electrons. The zero-order valence-corrected chi connectivity index (χ0v) is 19.1. The highest BCUT2D eigenvalue weighted by molar-refractivity contribution is 5.87. The van der Waals surface area contributed by atoms with E-state index in [4.69, 9.17) is 4.74 Å². The van der Waals surface area contributed by atoms with Crippen molar-refractivity contribution < 1.29 is 14.5 Å². The van der Waals surface area contributed by atoms with E-state index in [-0.39, 0.29) is 35.4 Å². The molecule has 1 aromatic heterocycles. The van der Waals surface area contributed by atoms with Gasteiger partial charge in [0.25, 0.3) is 11.2 Å². The Balaban J connectivity index is 1.94. The number of methoxy groups -OCH3 is 1. The van der Waals surface area contributed by atoms with E-state index < -0.39 is 10.5 Å². The molecule has 1 aliphatic heterocycles. The molecule has 176 valence electrons. The van der Waals surface area contributed by atoms with Gasteiger partial charge in [-0.2, -0.15) is 9.78 Å². The number of anilines is 2. The topological polar surface area (TPSA) is 120 Å². The molecule has 1 fully saturated rings. The summed E-state index contributed by atoms with van der Waals surface area (Å²) < 4.78 is 6.36. The first-order valence-electron chi connectivity index (χ1n) is 10.9. The molecule has 4 rings (SSSR count). The number of ketones is 1. The lowest BCUT2D eigenvalue weighted by atomic mass is 10.1. The summed E-state index contributed by atoms with van der Waals surface area (Å²) in [7, 11) is 1.55. The molecule has 1 saturated heterocycles. The van der Waals surface area contributed by atoms with Crippen molar-refractivity contribution in [2.45, 2.75) is 26.3 Å². The summed E-state index contributed by atoms with van der Waals surface area (Å²) in [5.74, 6) is 0.709. The molecule has 0 bridgehead atoms. The van der Waals surface area contributed by atoms with Gasteiger partial charge < -0.3 is 15.0 Å². The molecule has 2 aromatic carbocycles. The number of Topliss-reactive ketones (excluding diaryl/α,β-unsaturated/α-hetero) is 1.